The monoisotopic (exact) mass is 439 g/mol. The summed E-state index contributed by atoms with van der Waals surface area (Å²) in [5.41, 5.74) is 3.28. The molecule has 4 aromatic carbocycles. The first kappa shape index (κ1) is 22.1. The molecule has 5 nitrogen and oxygen atoms in total. The number of ether oxygens (including phenoxy) is 1. The average molecular weight is 440 g/mol. The highest BCUT2D eigenvalue weighted by molar-refractivity contribution is 6.00. The van der Waals surface area contributed by atoms with Crippen LogP contribution in [0.1, 0.15) is 39.9 Å². The number of amides is 1. The van der Waals surface area contributed by atoms with Crippen molar-refractivity contribution in [3.05, 3.63) is 107 Å². The van der Waals surface area contributed by atoms with Gasteiger partial charge in [0, 0.05) is 18.2 Å². The van der Waals surface area contributed by atoms with E-state index in [0.717, 1.165) is 21.9 Å². The number of hydrogen-bond donors (Lipinski definition) is 2. The number of rotatable bonds is 7. The summed E-state index contributed by atoms with van der Waals surface area (Å²) >= 11 is 0. The van der Waals surface area contributed by atoms with Gasteiger partial charge in [-0.2, -0.15) is 0 Å². The first-order chi connectivity index (χ1) is 16.0. The van der Waals surface area contributed by atoms with E-state index < -0.39 is 5.97 Å². The number of carboxylic acids is 1. The van der Waals surface area contributed by atoms with Crippen LogP contribution in [0.5, 0.6) is 5.75 Å². The maximum absolute atomic E-state index is 13.3. The summed E-state index contributed by atoms with van der Waals surface area (Å²) in [6, 6.07) is 26.3. The molecule has 5 heteroatoms. The largest absolute Gasteiger partial charge is 0.497 e. The Morgan fingerprint density at radius 3 is 2.42 bits per heavy atom. The molecule has 0 spiro atoms. The van der Waals surface area contributed by atoms with Gasteiger partial charge in [0.2, 0.25) is 5.91 Å². The van der Waals surface area contributed by atoms with Gasteiger partial charge < -0.3 is 15.2 Å². The van der Waals surface area contributed by atoms with Crippen molar-refractivity contribution in [3.8, 4) is 5.75 Å². The van der Waals surface area contributed by atoms with Crippen LogP contribution in [0.25, 0.3) is 10.8 Å². The highest BCUT2D eigenvalue weighted by Gasteiger charge is 2.20. The van der Waals surface area contributed by atoms with Crippen molar-refractivity contribution in [2.75, 3.05) is 12.4 Å². The van der Waals surface area contributed by atoms with E-state index in [1.165, 1.54) is 0 Å². The van der Waals surface area contributed by atoms with Crippen LogP contribution in [0.2, 0.25) is 0 Å². The van der Waals surface area contributed by atoms with E-state index >= 15 is 0 Å². The lowest BCUT2D eigenvalue weighted by Gasteiger charge is -2.18. The summed E-state index contributed by atoms with van der Waals surface area (Å²) in [5, 5.41) is 14.7. The van der Waals surface area contributed by atoms with Crippen LogP contribution < -0.4 is 10.1 Å². The predicted molar refractivity (Wildman–Crippen MR) is 130 cm³/mol. The second kappa shape index (κ2) is 9.57. The van der Waals surface area contributed by atoms with E-state index in [1.54, 1.807) is 31.4 Å². The fourth-order valence-electron chi connectivity index (χ4n) is 4.05. The molecule has 33 heavy (non-hydrogen) atoms. The summed E-state index contributed by atoms with van der Waals surface area (Å²) in [6.07, 6.45) is 0.366. The number of anilines is 1. The number of nitrogens with one attached hydrogen (secondary N) is 1. The highest BCUT2D eigenvalue weighted by atomic mass is 16.5. The minimum Gasteiger partial charge on any atom is -0.497 e. The van der Waals surface area contributed by atoms with Crippen LogP contribution in [-0.4, -0.2) is 24.1 Å². The third-order valence-electron chi connectivity index (χ3n) is 5.89. The molecule has 0 radical (unpaired) electrons. The van der Waals surface area contributed by atoms with Crippen LogP contribution in [0.15, 0.2) is 84.9 Å². The van der Waals surface area contributed by atoms with Gasteiger partial charge in [0.05, 0.1) is 18.6 Å². The lowest BCUT2D eigenvalue weighted by atomic mass is 9.93. The second-order valence-corrected chi connectivity index (χ2v) is 7.94. The first-order valence-corrected chi connectivity index (χ1v) is 10.7. The van der Waals surface area contributed by atoms with Gasteiger partial charge in [0.25, 0.3) is 0 Å². The number of methoxy groups -OCH3 is 1. The van der Waals surface area contributed by atoms with Gasteiger partial charge in [0.15, 0.2) is 0 Å². The van der Waals surface area contributed by atoms with Gasteiger partial charge in [-0.3, -0.25) is 4.79 Å². The van der Waals surface area contributed by atoms with Crippen molar-refractivity contribution in [2.45, 2.75) is 19.3 Å². The summed E-state index contributed by atoms with van der Waals surface area (Å²) < 4.78 is 5.36. The van der Waals surface area contributed by atoms with Crippen molar-refractivity contribution in [1.82, 2.24) is 0 Å². The van der Waals surface area contributed by atoms with Gasteiger partial charge in [-0.1, -0.05) is 66.7 Å². The van der Waals surface area contributed by atoms with Crippen LogP contribution in [0.3, 0.4) is 0 Å². The molecule has 0 saturated heterocycles. The number of carbonyl (C=O) groups excluding carboxylic acids is 1. The standard InChI is InChI=1S/C28H25NO4/c1-18(23-13-7-10-19-8-3-5-11-24(19)23)27(30)29-26-17-22(33-2)15-14-21(26)16-20-9-4-6-12-25(20)28(31)32/h3-15,17-18H,16H2,1-2H3,(H,29,30)(H,31,32). The maximum Gasteiger partial charge on any atom is 0.335 e. The number of benzene rings is 4. The highest BCUT2D eigenvalue weighted by Crippen LogP contribution is 2.30. The average Bonchev–Trinajstić information content (AvgIpc) is 2.84. The van der Waals surface area contributed by atoms with E-state index in [9.17, 15) is 14.7 Å². The Kier molecular flexibility index (Phi) is 6.41. The Morgan fingerprint density at radius 2 is 1.64 bits per heavy atom. The lowest BCUT2D eigenvalue weighted by Crippen LogP contribution is -2.20. The fraction of sp³-hybridized carbons (Fsp3) is 0.143. The minimum atomic E-state index is -0.978. The fourth-order valence-corrected chi connectivity index (χ4v) is 4.05. The van der Waals surface area contributed by atoms with E-state index in [4.69, 9.17) is 4.74 Å². The summed E-state index contributed by atoms with van der Waals surface area (Å²) in [7, 11) is 1.57. The van der Waals surface area contributed by atoms with Crippen molar-refractivity contribution in [3.63, 3.8) is 0 Å². The Bertz CT molecular complexity index is 1320. The van der Waals surface area contributed by atoms with Gasteiger partial charge in [0.1, 0.15) is 5.75 Å². The third kappa shape index (κ3) is 4.72. The molecule has 0 aliphatic rings. The van der Waals surface area contributed by atoms with Crippen LogP contribution in [0.4, 0.5) is 5.69 Å². The molecular weight excluding hydrogens is 414 g/mol. The van der Waals surface area contributed by atoms with Gasteiger partial charge in [-0.15, -0.1) is 0 Å². The second-order valence-electron chi connectivity index (χ2n) is 7.94. The molecule has 0 heterocycles. The Balaban J connectivity index is 1.66. The van der Waals surface area contributed by atoms with Crippen molar-refractivity contribution in [1.29, 1.82) is 0 Å². The topological polar surface area (TPSA) is 75.6 Å². The van der Waals surface area contributed by atoms with Crippen molar-refractivity contribution in [2.24, 2.45) is 0 Å². The van der Waals surface area contributed by atoms with Crippen LogP contribution in [-0.2, 0) is 11.2 Å². The van der Waals surface area contributed by atoms with Gasteiger partial charge >= 0.3 is 5.97 Å². The molecule has 0 saturated carbocycles. The quantitative estimate of drug-likeness (QED) is 0.377. The van der Waals surface area contributed by atoms with E-state index in [2.05, 4.69) is 5.32 Å². The molecule has 1 amide bonds. The molecule has 0 fully saturated rings. The number of carboxylic acid groups (broad SMARTS) is 1. The predicted octanol–water partition coefficient (Wildman–Crippen LogP) is 5.88. The van der Waals surface area contributed by atoms with Crippen molar-refractivity contribution < 1.29 is 19.4 Å². The molecule has 0 bridgehead atoms. The molecular formula is C28H25NO4. The maximum atomic E-state index is 13.3. The molecule has 0 aliphatic heterocycles. The lowest BCUT2D eigenvalue weighted by molar-refractivity contribution is -0.117. The molecule has 166 valence electrons. The van der Waals surface area contributed by atoms with Crippen LogP contribution >= 0.6 is 0 Å². The number of carbonyl (C=O) groups is 2. The van der Waals surface area contributed by atoms with Crippen LogP contribution in [0, 0.1) is 0 Å². The third-order valence-corrected chi connectivity index (χ3v) is 5.89. The molecule has 1 unspecified atom stereocenters. The Hall–Kier alpha value is -4.12. The summed E-state index contributed by atoms with van der Waals surface area (Å²) in [5.74, 6) is -0.901. The SMILES string of the molecule is COc1ccc(Cc2ccccc2C(=O)O)c(NC(=O)C(C)c2cccc3ccccc23)c1. The zero-order valence-corrected chi connectivity index (χ0v) is 18.5. The minimum absolute atomic E-state index is 0.146. The van der Waals surface area contributed by atoms with Gasteiger partial charge in [-0.25, -0.2) is 4.79 Å². The Morgan fingerprint density at radius 1 is 0.909 bits per heavy atom. The van der Waals surface area contributed by atoms with E-state index in [1.807, 2.05) is 67.6 Å². The summed E-state index contributed by atoms with van der Waals surface area (Å²) in [4.78, 5) is 24.9. The number of hydrogen-bond acceptors (Lipinski definition) is 3. The smallest absolute Gasteiger partial charge is 0.335 e. The normalized spacial score (nSPS) is 11.7. The molecule has 0 aromatic heterocycles. The van der Waals surface area contributed by atoms with Crippen molar-refractivity contribution >= 4 is 28.3 Å². The van der Waals surface area contributed by atoms with Gasteiger partial charge in [-0.05, 0) is 46.5 Å². The number of fused-ring (bicyclic) bond motifs is 1. The molecule has 1 atom stereocenters. The first-order valence-electron chi connectivity index (χ1n) is 10.7. The summed E-state index contributed by atoms with van der Waals surface area (Å²) in [6.45, 7) is 1.89. The molecule has 4 aromatic rings. The number of aromatic carboxylic acids is 1. The Labute approximate surface area is 192 Å². The molecule has 2 N–H and O–H groups in total. The molecule has 0 aliphatic carbocycles. The van der Waals surface area contributed by atoms with E-state index in [-0.39, 0.29) is 17.4 Å². The zero-order chi connectivity index (χ0) is 23.4. The molecule has 4 rings (SSSR count). The van der Waals surface area contributed by atoms with E-state index in [0.29, 0.717) is 23.4 Å². The zero-order valence-electron chi connectivity index (χ0n) is 18.5.